The van der Waals surface area contributed by atoms with Gasteiger partial charge in [-0.2, -0.15) is 0 Å². The van der Waals surface area contributed by atoms with Gasteiger partial charge in [-0.15, -0.1) is 12.4 Å². The van der Waals surface area contributed by atoms with E-state index in [9.17, 15) is 0 Å². The molecule has 1 saturated heterocycles. The van der Waals surface area contributed by atoms with Crippen LogP contribution in [0.3, 0.4) is 0 Å². The molecule has 1 N–H and O–H groups in total. The second-order valence-electron chi connectivity index (χ2n) is 3.32. The smallest absolute Gasteiger partial charge is 0.199 e. The molecular formula is C8H17ClN4. The lowest BCUT2D eigenvalue weighted by atomic mass is 10.3. The van der Waals surface area contributed by atoms with Crippen molar-refractivity contribution in [1.29, 1.82) is 5.41 Å². The van der Waals surface area contributed by atoms with E-state index < -0.39 is 0 Å². The Morgan fingerprint density at radius 1 is 1.38 bits per heavy atom. The molecule has 4 nitrogen and oxygen atoms in total. The second-order valence-corrected chi connectivity index (χ2v) is 3.32. The van der Waals surface area contributed by atoms with E-state index in [-0.39, 0.29) is 18.6 Å². The zero-order valence-electron chi connectivity index (χ0n) is 8.53. The summed E-state index contributed by atoms with van der Waals surface area (Å²) in [6, 6.07) is 0. The fourth-order valence-corrected chi connectivity index (χ4v) is 1.53. The maximum atomic E-state index is 7.68. The second kappa shape index (κ2) is 3.98. The summed E-state index contributed by atoms with van der Waals surface area (Å²) in [5.74, 6) is 0.499. The maximum absolute atomic E-state index is 7.68. The summed E-state index contributed by atoms with van der Waals surface area (Å²) >= 11 is 0. The largest absolute Gasteiger partial charge is 0.324 e. The van der Waals surface area contributed by atoms with E-state index >= 15 is 0 Å². The highest BCUT2D eigenvalue weighted by atomic mass is 35.5. The number of nitrogens with zero attached hydrogens (tertiary/aromatic N) is 3. The Morgan fingerprint density at radius 2 is 1.85 bits per heavy atom. The zero-order valence-corrected chi connectivity index (χ0v) is 9.35. The summed E-state index contributed by atoms with van der Waals surface area (Å²) in [5, 5.41) is 7.68. The third kappa shape index (κ3) is 1.78. The Labute approximate surface area is 85.7 Å². The van der Waals surface area contributed by atoms with Crippen molar-refractivity contribution in [3.8, 4) is 0 Å². The lowest BCUT2D eigenvalue weighted by Gasteiger charge is -2.25. The van der Waals surface area contributed by atoms with E-state index in [0.29, 0.717) is 5.96 Å². The molecule has 76 valence electrons. The van der Waals surface area contributed by atoms with Crippen LogP contribution in [0.5, 0.6) is 0 Å². The normalized spacial score (nSPS) is 22.7. The van der Waals surface area contributed by atoms with Crippen molar-refractivity contribution in [2.45, 2.75) is 6.17 Å². The van der Waals surface area contributed by atoms with Crippen molar-refractivity contribution in [3.63, 3.8) is 0 Å². The van der Waals surface area contributed by atoms with E-state index in [4.69, 9.17) is 5.41 Å². The van der Waals surface area contributed by atoms with Gasteiger partial charge in [0.2, 0.25) is 0 Å². The minimum atomic E-state index is 0. The third-order valence-corrected chi connectivity index (χ3v) is 2.24. The van der Waals surface area contributed by atoms with Crippen LogP contribution >= 0.6 is 12.4 Å². The molecule has 5 heteroatoms. The van der Waals surface area contributed by atoms with Gasteiger partial charge >= 0.3 is 0 Å². The number of halogens is 1. The van der Waals surface area contributed by atoms with Crippen LogP contribution in [-0.2, 0) is 0 Å². The van der Waals surface area contributed by atoms with E-state index in [1.54, 1.807) is 4.90 Å². The molecule has 0 saturated carbocycles. The molecule has 1 fully saturated rings. The van der Waals surface area contributed by atoms with E-state index in [1.165, 1.54) is 0 Å². The lowest BCUT2D eigenvalue weighted by Crippen LogP contribution is -2.40. The summed E-state index contributed by atoms with van der Waals surface area (Å²) in [4.78, 5) is 5.73. The number of hydrogen-bond acceptors (Lipinski definition) is 2. The molecule has 0 radical (unpaired) electrons. The Bertz CT molecular complexity index is 226. The van der Waals surface area contributed by atoms with E-state index in [2.05, 4.69) is 6.58 Å². The molecule has 1 aliphatic heterocycles. The fourth-order valence-electron chi connectivity index (χ4n) is 1.53. The summed E-state index contributed by atoms with van der Waals surface area (Å²) in [6.45, 7) is 3.94. The summed E-state index contributed by atoms with van der Waals surface area (Å²) in [5.41, 5.74) is 0.951. The first kappa shape index (κ1) is 12.3. The quantitative estimate of drug-likeness (QED) is 0.680. The van der Waals surface area contributed by atoms with Gasteiger partial charge in [0, 0.05) is 14.1 Å². The minimum absolute atomic E-state index is 0. The zero-order chi connectivity index (χ0) is 9.46. The predicted molar refractivity (Wildman–Crippen MR) is 57.1 cm³/mol. The van der Waals surface area contributed by atoms with Crippen LogP contribution in [0.15, 0.2) is 12.3 Å². The van der Waals surface area contributed by atoms with Crippen molar-refractivity contribution in [1.82, 2.24) is 14.7 Å². The van der Waals surface area contributed by atoms with Crippen molar-refractivity contribution in [2.24, 2.45) is 0 Å². The topological polar surface area (TPSA) is 33.6 Å². The molecule has 0 bridgehead atoms. The van der Waals surface area contributed by atoms with Gasteiger partial charge < -0.3 is 9.80 Å². The van der Waals surface area contributed by atoms with Crippen molar-refractivity contribution in [2.75, 3.05) is 28.2 Å². The van der Waals surface area contributed by atoms with Crippen molar-refractivity contribution in [3.05, 3.63) is 12.3 Å². The molecule has 0 aliphatic carbocycles. The number of nitrogens with one attached hydrogen (secondary N) is 1. The van der Waals surface area contributed by atoms with E-state index in [0.717, 1.165) is 5.70 Å². The van der Waals surface area contributed by atoms with Gasteiger partial charge in [0.15, 0.2) is 5.96 Å². The number of hydrogen-bond donors (Lipinski definition) is 1. The molecule has 1 heterocycles. The van der Waals surface area contributed by atoms with Crippen molar-refractivity contribution >= 4 is 18.4 Å². The predicted octanol–water partition coefficient (Wildman–Crippen LogP) is 0.622. The molecule has 1 rings (SSSR count). The van der Waals surface area contributed by atoms with Crippen molar-refractivity contribution < 1.29 is 0 Å². The molecule has 0 aromatic heterocycles. The molecule has 13 heavy (non-hydrogen) atoms. The maximum Gasteiger partial charge on any atom is 0.199 e. The van der Waals surface area contributed by atoms with Crippen LogP contribution in [0, 0.1) is 5.41 Å². The van der Waals surface area contributed by atoms with E-state index in [1.807, 2.05) is 38.0 Å². The highest BCUT2D eigenvalue weighted by Gasteiger charge is 2.34. The average Bonchev–Trinajstić information content (AvgIpc) is 2.16. The molecule has 0 aromatic carbocycles. The Hall–Kier alpha value is -0.740. The Balaban J connectivity index is 0.00000144. The standard InChI is InChI=1S/C8H16N4.ClH/c1-6-7(10(2)3)12(5)8(9)11(6)4;/h7,9H,1H2,2-5H3;1H. The molecule has 1 unspecified atom stereocenters. The van der Waals surface area contributed by atoms with Gasteiger partial charge in [-0.05, 0) is 14.1 Å². The highest BCUT2D eigenvalue weighted by molar-refractivity contribution is 5.85. The van der Waals surface area contributed by atoms with Gasteiger partial charge in [-0.1, -0.05) is 6.58 Å². The van der Waals surface area contributed by atoms with Gasteiger partial charge in [0.05, 0.1) is 5.70 Å². The Morgan fingerprint density at radius 3 is 2.00 bits per heavy atom. The van der Waals surface area contributed by atoms with Gasteiger partial charge in [-0.25, -0.2) is 0 Å². The molecule has 1 aliphatic rings. The van der Waals surface area contributed by atoms with Gasteiger partial charge in [0.25, 0.3) is 0 Å². The number of rotatable bonds is 1. The molecule has 0 amide bonds. The first-order valence-electron chi connectivity index (χ1n) is 3.87. The van der Waals surface area contributed by atoms with Crippen LogP contribution in [0.4, 0.5) is 0 Å². The summed E-state index contributed by atoms with van der Waals surface area (Å²) < 4.78 is 0. The lowest BCUT2D eigenvalue weighted by molar-refractivity contribution is 0.215. The molecular weight excluding hydrogens is 188 g/mol. The minimum Gasteiger partial charge on any atom is -0.324 e. The van der Waals surface area contributed by atoms with Crippen LogP contribution in [-0.4, -0.2) is 55.0 Å². The molecule has 0 aromatic rings. The third-order valence-electron chi connectivity index (χ3n) is 2.24. The highest BCUT2D eigenvalue weighted by Crippen LogP contribution is 2.21. The summed E-state index contributed by atoms with van der Waals surface area (Å²) in [6.07, 6.45) is 0.127. The SMILES string of the molecule is C=C1C(N(C)C)N(C)C(=N)N1C.Cl. The van der Waals surface area contributed by atoms with Crippen LogP contribution in [0.25, 0.3) is 0 Å². The first-order chi connectivity index (χ1) is 5.46. The molecule has 0 spiro atoms. The van der Waals surface area contributed by atoms with Gasteiger partial charge in [0.1, 0.15) is 6.17 Å². The number of likely N-dealkylation sites (N-methyl/N-ethyl adjacent to an activating group) is 3. The van der Waals surface area contributed by atoms with Gasteiger partial charge in [-0.3, -0.25) is 10.3 Å². The first-order valence-corrected chi connectivity index (χ1v) is 3.87. The monoisotopic (exact) mass is 204 g/mol. The Kier molecular flexibility index (Phi) is 3.75. The molecule has 1 atom stereocenters. The van der Waals surface area contributed by atoms with Crippen LogP contribution in [0.2, 0.25) is 0 Å². The number of guanidine groups is 1. The van der Waals surface area contributed by atoms with Crippen LogP contribution in [0.1, 0.15) is 0 Å². The summed E-state index contributed by atoms with van der Waals surface area (Å²) in [7, 11) is 7.74. The average molecular weight is 205 g/mol. The van der Waals surface area contributed by atoms with Crippen LogP contribution < -0.4 is 0 Å². The fraction of sp³-hybridized carbons (Fsp3) is 0.625.